The van der Waals surface area contributed by atoms with Crippen molar-refractivity contribution in [2.75, 3.05) is 13.7 Å². The zero-order valence-corrected chi connectivity index (χ0v) is 16.1. The van der Waals surface area contributed by atoms with Gasteiger partial charge in [0.25, 0.3) is 5.91 Å². The Labute approximate surface area is 160 Å². The number of nitrogens with one attached hydrogen (secondary N) is 1. The molecule has 0 radical (unpaired) electrons. The Balaban J connectivity index is 2.31. The molecule has 0 aliphatic rings. The second kappa shape index (κ2) is 9.24. The fraction of sp³-hybridized carbons (Fsp3) is 0.263. The predicted molar refractivity (Wildman–Crippen MR) is 101 cm³/mol. The number of hydrogen-bond donors (Lipinski definition) is 2. The van der Waals surface area contributed by atoms with Gasteiger partial charge in [-0.1, -0.05) is 18.2 Å². The average molecular weight is 422 g/mol. The Morgan fingerprint density at radius 1 is 1.19 bits per heavy atom. The number of amides is 1. The fourth-order valence-corrected chi connectivity index (χ4v) is 2.95. The number of hydrogen-bond acceptors (Lipinski definition) is 4. The first-order valence-corrected chi connectivity index (χ1v) is 8.83. The van der Waals surface area contributed by atoms with Gasteiger partial charge in [0.15, 0.2) is 11.5 Å². The molecule has 6 nitrogen and oxygen atoms in total. The van der Waals surface area contributed by atoms with Crippen LogP contribution >= 0.6 is 15.9 Å². The quantitative estimate of drug-likeness (QED) is 0.676. The van der Waals surface area contributed by atoms with Gasteiger partial charge in [0, 0.05) is 4.47 Å². The molecule has 138 valence electrons. The van der Waals surface area contributed by atoms with Crippen molar-refractivity contribution in [2.24, 2.45) is 0 Å². The Morgan fingerprint density at radius 3 is 2.54 bits per heavy atom. The van der Waals surface area contributed by atoms with Crippen LogP contribution in [0.3, 0.4) is 0 Å². The molecule has 2 rings (SSSR count). The minimum Gasteiger partial charge on any atom is -0.493 e. The van der Waals surface area contributed by atoms with E-state index in [0.717, 1.165) is 0 Å². The first-order valence-electron chi connectivity index (χ1n) is 8.04. The van der Waals surface area contributed by atoms with E-state index in [-0.39, 0.29) is 12.3 Å². The van der Waals surface area contributed by atoms with Gasteiger partial charge in [-0.25, -0.2) is 0 Å². The van der Waals surface area contributed by atoms with E-state index in [0.29, 0.717) is 33.7 Å². The first-order chi connectivity index (χ1) is 12.5. The Hall–Kier alpha value is -2.54. The lowest BCUT2D eigenvalue weighted by Gasteiger charge is -2.19. The molecule has 0 spiro atoms. The molecule has 7 heteroatoms. The van der Waals surface area contributed by atoms with Crippen LogP contribution in [-0.2, 0) is 4.79 Å². The highest BCUT2D eigenvalue weighted by atomic mass is 79.9. The molecule has 2 N–H and O–H groups in total. The molecule has 0 unspecified atom stereocenters. The van der Waals surface area contributed by atoms with Gasteiger partial charge in [0.05, 0.1) is 31.7 Å². The van der Waals surface area contributed by atoms with Gasteiger partial charge in [-0.05, 0) is 52.7 Å². The largest absolute Gasteiger partial charge is 0.493 e. The van der Waals surface area contributed by atoms with E-state index in [2.05, 4.69) is 21.2 Å². The fourth-order valence-electron chi connectivity index (χ4n) is 2.48. The van der Waals surface area contributed by atoms with Crippen LogP contribution in [0.15, 0.2) is 46.9 Å². The molecule has 2 aromatic carbocycles. The van der Waals surface area contributed by atoms with Crippen LogP contribution in [0.4, 0.5) is 0 Å². The average Bonchev–Trinajstić information content (AvgIpc) is 2.61. The number of ether oxygens (including phenoxy) is 2. The summed E-state index contributed by atoms with van der Waals surface area (Å²) in [5, 5.41) is 12.0. The Kier molecular flexibility index (Phi) is 7.03. The summed E-state index contributed by atoms with van der Waals surface area (Å²) in [6, 6.07) is 11.4. The molecule has 0 saturated carbocycles. The third-order valence-electron chi connectivity index (χ3n) is 3.69. The highest BCUT2D eigenvalue weighted by Crippen LogP contribution is 2.31. The summed E-state index contributed by atoms with van der Waals surface area (Å²) in [5.74, 6) is -0.341. The van der Waals surface area contributed by atoms with Crippen LogP contribution in [0.1, 0.15) is 35.3 Å². The Morgan fingerprint density at radius 2 is 1.92 bits per heavy atom. The number of carbonyl (C=O) groups excluding carboxylic acids is 1. The number of rotatable bonds is 8. The van der Waals surface area contributed by atoms with Crippen molar-refractivity contribution >= 4 is 27.8 Å². The predicted octanol–water partition coefficient (Wildman–Crippen LogP) is 3.80. The molecule has 2 aromatic rings. The van der Waals surface area contributed by atoms with Crippen molar-refractivity contribution in [3.05, 3.63) is 58.1 Å². The lowest BCUT2D eigenvalue weighted by molar-refractivity contribution is -0.137. The molecule has 0 bridgehead atoms. The van der Waals surface area contributed by atoms with Gasteiger partial charge < -0.3 is 19.9 Å². The minimum atomic E-state index is -1.02. The molecule has 0 aliphatic heterocycles. The van der Waals surface area contributed by atoms with Gasteiger partial charge in [0.2, 0.25) is 0 Å². The van der Waals surface area contributed by atoms with E-state index in [1.165, 1.54) is 7.11 Å². The van der Waals surface area contributed by atoms with Crippen LogP contribution < -0.4 is 14.8 Å². The second-order valence-corrected chi connectivity index (χ2v) is 6.30. The van der Waals surface area contributed by atoms with Crippen molar-refractivity contribution in [1.82, 2.24) is 5.32 Å². The van der Waals surface area contributed by atoms with Crippen LogP contribution in [0, 0.1) is 0 Å². The summed E-state index contributed by atoms with van der Waals surface area (Å²) < 4.78 is 11.4. The zero-order valence-electron chi connectivity index (χ0n) is 14.5. The van der Waals surface area contributed by atoms with Crippen molar-refractivity contribution in [1.29, 1.82) is 0 Å². The molecule has 1 atom stereocenters. The summed E-state index contributed by atoms with van der Waals surface area (Å²) in [6.45, 7) is 2.34. The maximum atomic E-state index is 12.6. The summed E-state index contributed by atoms with van der Waals surface area (Å²) >= 11 is 3.33. The molecular weight excluding hydrogens is 402 g/mol. The zero-order chi connectivity index (χ0) is 19.1. The summed E-state index contributed by atoms with van der Waals surface area (Å²) in [5.41, 5.74) is 1.05. The highest BCUT2D eigenvalue weighted by Gasteiger charge is 2.21. The van der Waals surface area contributed by atoms with E-state index in [1.807, 2.05) is 6.92 Å². The number of halogens is 1. The van der Waals surface area contributed by atoms with Crippen molar-refractivity contribution in [3.8, 4) is 11.5 Å². The summed E-state index contributed by atoms with van der Waals surface area (Å²) in [4.78, 5) is 23.8. The van der Waals surface area contributed by atoms with Gasteiger partial charge in [-0.3, -0.25) is 9.59 Å². The molecular formula is C19H20BrNO5. The monoisotopic (exact) mass is 421 g/mol. The van der Waals surface area contributed by atoms with Crippen LogP contribution in [0.25, 0.3) is 0 Å². The normalized spacial score (nSPS) is 11.5. The van der Waals surface area contributed by atoms with E-state index >= 15 is 0 Å². The maximum absolute atomic E-state index is 12.6. The summed E-state index contributed by atoms with van der Waals surface area (Å²) in [7, 11) is 1.51. The second-order valence-electron chi connectivity index (χ2n) is 5.45. The third-order valence-corrected chi connectivity index (χ3v) is 4.38. The third kappa shape index (κ3) is 4.98. The number of aliphatic carboxylic acids is 1. The number of carboxylic acids is 1. The lowest BCUT2D eigenvalue weighted by Crippen LogP contribution is -2.30. The highest BCUT2D eigenvalue weighted by molar-refractivity contribution is 9.10. The van der Waals surface area contributed by atoms with Crippen molar-refractivity contribution < 1.29 is 24.2 Å². The SMILES string of the molecule is CCOc1ccc([C@@H](CC(=O)O)NC(=O)c2ccccc2Br)cc1OC. The van der Waals surface area contributed by atoms with Gasteiger partial charge >= 0.3 is 5.97 Å². The van der Waals surface area contributed by atoms with E-state index in [9.17, 15) is 14.7 Å². The van der Waals surface area contributed by atoms with E-state index in [1.54, 1.807) is 42.5 Å². The number of methoxy groups -OCH3 is 1. The van der Waals surface area contributed by atoms with Gasteiger partial charge in [0.1, 0.15) is 0 Å². The number of carboxylic acid groups (broad SMARTS) is 1. The standard InChI is InChI=1S/C19H20BrNO5/c1-3-26-16-9-8-12(10-17(16)25-2)15(11-18(22)23)21-19(24)13-6-4-5-7-14(13)20/h4-10,15H,3,11H2,1-2H3,(H,21,24)(H,22,23)/t15-/m1/s1. The molecule has 0 fully saturated rings. The van der Waals surface area contributed by atoms with Crippen molar-refractivity contribution in [2.45, 2.75) is 19.4 Å². The molecule has 0 aromatic heterocycles. The van der Waals surface area contributed by atoms with E-state index < -0.39 is 12.0 Å². The number of carbonyl (C=O) groups is 2. The first kappa shape index (κ1) is 19.8. The van der Waals surface area contributed by atoms with Crippen molar-refractivity contribution in [3.63, 3.8) is 0 Å². The van der Waals surface area contributed by atoms with Gasteiger partial charge in [-0.15, -0.1) is 0 Å². The molecule has 0 heterocycles. The smallest absolute Gasteiger partial charge is 0.305 e. The maximum Gasteiger partial charge on any atom is 0.305 e. The molecule has 0 saturated heterocycles. The summed E-state index contributed by atoms with van der Waals surface area (Å²) in [6.07, 6.45) is -0.257. The van der Waals surface area contributed by atoms with Gasteiger partial charge in [-0.2, -0.15) is 0 Å². The van der Waals surface area contributed by atoms with Crippen LogP contribution in [0.2, 0.25) is 0 Å². The van der Waals surface area contributed by atoms with Crippen LogP contribution in [0.5, 0.6) is 11.5 Å². The van der Waals surface area contributed by atoms with Crippen LogP contribution in [-0.4, -0.2) is 30.7 Å². The lowest BCUT2D eigenvalue weighted by atomic mass is 10.0. The minimum absolute atomic E-state index is 0.257. The number of benzene rings is 2. The topological polar surface area (TPSA) is 84.9 Å². The molecule has 26 heavy (non-hydrogen) atoms. The molecule has 1 amide bonds. The molecule has 0 aliphatic carbocycles. The van der Waals surface area contributed by atoms with E-state index in [4.69, 9.17) is 9.47 Å². The Bertz CT molecular complexity index is 793.